The summed E-state index contributed by atoms with van der Waals surface area (Å²) >= 11 is 4.40. The number of aromatic nitrogens is 2. The molecule has 28 heavy (non-hydrogen) atoms. The van der Waals surface area contributed by atoms with Gasteiger partial charge in [-0.25, -0.2) is 9.97 Å². The van der Waals surface area contributed by atoms with Crippen molar-refractivity contribution < 1.29 is 4.92 Å². The largest absolute Gasteiger partial charge is 0.353 e. The van der Waals surface area contributed by atoms with Crippen LogP contribution in [0.2, 0.25) is 0 Å². The predicted octanol–water partition coefficient (Wildman–Crippen LogP) is 6.01. The molecule has 2 N–H and O–H groups in total. The molecule has 0 bridgehead atoms. The molecule has 0 atom stereocenters. The second-order valence-corrected chi connectivity index (χ2v) is 8.73. The van der Waals surface area contributed by atoms with Crippen LogP contribution in [0.4, 0.5) is 28.7 Å². The number of benzene rings is 2. The molecule has 0 aliphatic heterocycles. The Balaban J connectivity index is 2.10. The van der Waals surface area contributed by atoms with E-state index in [9.17, 15) is 10.1 Å². The van der Waals surface area contributed by atoms with Gasteiger partial charge in [0.1, 0.15) is 5.82 Å². The van der Waals surface area contributed by atoms with Crippen LogP contribution >= 0.6 is 45.2 Å². The molecule has 7 nitrogen and oxygen atoms in total. The molecule has 1 heterocycles. The number of anilines is 4. The fraction of sp³-hybridized carbons (Fsp3) is 0.158. The highest BCUT2D eigenvalue weighted by Crippen LogP contribution is 2.35. The molecule has 0 spiro atoms. The normalized spacial score (nSPS) is 10.6. The zero-order chi connectivity index (χ0) is 20.4. The Morgan fingerprint density at radius 1 is 0.857 bits per heavy atom. The van der Waals surface area contributed by atoms with E-state index in [1.54, 1.807) is 6.92 Å². The van der Waals surface area contributed by atoms with Crippen LogP contribution in [0.5, 0.6) is 0 Å². The Labute approximate surface area is 189 Å². The van der Waals surface area contributed by atoms with E-state index < -0.39 is 4.92 Å². The van der Waals surface area contributed by atoms with E-state index in [0.29, 0.717) is 5.82 Å². The van der Waals surface area contributed by atoms with Gasteiger partial charge in [-0.2, -0.15) is 0 Å². The monoisotopic (exact) mass is 601 g/mol. The maximum Gasteiger partial charge on any atom is 0.353 e. The maximum atomic E-state index is 11.9. The highest BCUT2D eigenvalue weighted by Gasteiger charge is 2.25. The third kappa shape index (κ3) is 4.69. The van der Waals surface area contributed by atoms with Gasteiger partial charge in [-0.15, -0.1) is 0 Å². The molecule has 0 radical (unpaired) electrons. The molecule has 1 aromatic heterocycles. The SMILES string of the molecule is Cc1nc(Nc2cc(I)ccc2C)c([N+](=O)[O-])c(Nc2cc(I)ccc2C)n1. The van der Waals surface area contributed by atoms with Crippen LogP contribution in [0.1, 0.15) is 17.0 Å². The van der Waals surface area contributed by atoms with Gasteiger partial charge in [-0.3, -0.25) is 10.1 Å². The number of nitrogens with one attached hydrogen (secondary N) is 2. The summed E-state index contributed by atoms with van der Waals surface area (Å²) in [6.45, 7) is 5.59. The van der Waals surface area contributed by atoms with E-state index in [-0.39, 0.29) is 17.3 Å². The Kier molecular flexibility index (Phi) is 6.33. The van der Waals surface area contributed by atoms with E-state index in [2.05, 4.69) is 65.8 Å². The highest BCUT2D eigenvalue weighted by molar-refractivity contribution is 14.1. The Morgan fingerprint density at radius 2 is 1.29 bits per heavy atom. The van der Waals surface area contributed by atoms with Crippen LogP contribution < -0.4 is 10.6 Å². The quantitative estimate of drug-likeness (QED) is 0.212. The van der Waals surface area contributed by atoms with Crippen LogP contribution in [0, 0.1) is 38.0 Å². The third-order valence-corrected chi connectivity index (χ3v) is 5.43. The molecule has 9 heteroatoms. The lowest BCUT2D eigenvalue weighted by atomic mass is 10.2. The fourth-order valence-corrected chi connectivity index (χ4v) is 3.61. The van der Waals surface area contributed by atoms with Gasteiger partial charge in [0.15, 0.2) is 0 Å². The Bertz CT molecular complexity index is 998. The van der Waals surface area contributed by atoms with Crippen molar-refractivity contribution in [2.75, 3.05) is 10.6 Å². The first-order valence-corrected chi connectivity index (χ1v) is 10.5. The van der Waals surface area contributed by atoms with E-state index in [1.807, 2.05) is 50.2 Å². The van der Waals surface area contributed by atoms with Crippen LogP contribution in [-0.2, 0) is 0 Å². The average Bonchev–Trinajstić information content (AvgIpc) is 2.60. The molecular weight excluding hydrogens is 584 g/mol. The molecule has 0 aliphatic carbocycles. The number of aryl methyl sites for hydroxylation is 3. The lowest BCUT2D eigenvalue weighted by molar-refractivity contribution is -0.383. The summed E-state index contributed by atoms with van der Waals surface area (Å²) in [6, 6.07) is 11.7. The van der Waals surface area contributed by atoms with E-state index >= 15 is 0 Å². The topological polar surface area (TPSA) is 93.0 Å². The van der Waals surface area contributed by atoms with E-state index in [4.69, 9.17) is 0 Å². The minimum absolute atomic E-state index is 0.161. The van der Waals surface area contributed by atoms with Gasteiger partial charge in [0, 0.05) is 18.5 Å². The lowest BCUT2D eigenvalue weighted by Gasteiger charge is -2.14. The Hall–Kier alpha value is -2.02. The Morgan fingerprint density at radius 3 is 1.68 bits per heavy atom. The molecule has 0 aliphatic rings. The second kappa shape index (κ2) is 8.55. The number of hydrogen-bond acceptors (Lipinski definition) is 6. The average molecular weight is 601 g/mol. The first kappa shape index (κ1) is 20.7. The minimum atomic E-state index is -0.462. The second-order valence-electron chi connectivity index (χ2n) is 6.24. The van der Waals surface area contributed by atoms with Gasteiger partial charge < -0.3 is 10.6 Å². The van der Waals surface area contributed by atoms with Gasteiger partial charge in [0.25, 0.3) is 0 Å². The van der Waals surface area contributed by atoms with Crippen molar-refractivity contribution in [2.45, 2.75) is 20.8 Å². The molecule has 0 amide bonds. The van der Waals surface area contributed by atoms with E-state index in [1.165, 1.54) is 0 Å². The highest BCUT2D eigenvalue weighted by atomic mass is 127. The zero-order valence-corrected chi connectivity index (χ0v) is 19.7. The molecule has 2 aromatic carbocycles. The van der Waals surface area contributed by atoms with Crippen LogP contribution in [0.3, 0.4) is 0 Å². The fourth-order valence-electron chi connectivity index (χ4n) is 2.63. The summed E-state index contributed by atoms with van der Waals surface area (Å²) in [6.07, 6.45) is 0. The number of rotatable bonds is 5. The third-order valence-electron chi connectivity index (χ3n) is 4.08. The lowest BCUT2D eigenvalue weighted by Crippen LogP contribution is -2.08. The summed E-state index contributed by atoms with van der Waals surface area (Å²) in [4.78, 5) is 20.0. The predicted molar refractivity (Wildman–Crippen MR) is 128 cm³/mol. The minimum Gasteiger partial charge on any atom is -0.334 e. The molecule has 0 saturated heterocycles. The smallest absolute Gasteiger partial charge is 0.334 e. The maximum absolute atomic E-state index is 11.9. The summed E-state index contributed by atoms with van der Waals surface area (Å²) in [7, 11) is 0. The molecule has 0 unspecified atom stereocenters. The summed E-state index contributed by atoms with van der Waals surface area (Å²) in [5, 5.41) is 18.1. The number of nitro groups is 1. The van der Waals surface area contributed by atoms with Crippen molar-refractivity contribution in [3.8, 4) is 0 Å². The van der Waals surface area contributed by atoms with E-state index in [0.717, 1.165) is 29.6 Å². The first-order chi connectivity index (χ1) is 13.2. The van der Waals surface area contributed by atoms with Crippen LogP contribution in [0.25, 0.3) is 0 Å². The van der Waals surface area contributed by atoms with Crippen molar-refractivity contribution in [1.29, 1.82) is 0 Å². The van der Waals surface area contributed by atoms with Crippen LogP contribution in [-0.4, -0.2) is 14.9 Å². The summed E-state index contributed by atoms with van der Waals surface area (Å²) < 4.78 is 2.04. The van der Waals surface area contributed by atoms with Gasteiger partial charge in [-0.1, -0.05) is 12.1 Å². The molecule has 144 valence electrons. The number of hydrogen-bond donors (Lipinski definition) is 2. The molecule has 0 saturated carbocycles. The summed E-state index contributed by atoms with van der Waals surface area (Å²) in [5.74, 6) is 0.754. The van der Waals surface area contributed by atoms with Crippen molar-refractivity contribution in [3.05, 3.63) is 70.6 Å². The van der Waals surface area contributed by atoms with Crippen molar-refractivity contribution >= 4 is 73.9 Å². The zero-order valence-electron chi connectivity index (χ0n) is 15.4. The van der Waals surface area contributed by atoms with Crippen LogP contribution in [0.15, 0.2) is 36.4 Å². The van der Waals surface area contributed by atoms with Crippen molar-refractivity contribution in [2.24, 2.45) is 0 Å². The standard InChI is InChI=1S/C19H17I2N5O2/c1-10-4-6-13(20)8-15(10)24-18-17(26(27)28)19(23-12(3)22-18)25-16-9-14(21)7-5-11(16)2/h4-9H,1-3H3,(H2,22,23,24,25). The van der Waals surface area contributed by atoms with Gasteiger partial charge >= 0.3 is 5.69 Å². The molecular formula is C19H17I2N5O2. The molecule has 3 rings (SSSR count). The number of nitrogens with zero attached hydrogens (tertiary/aromatic N) is 3. The molecule has 0 fully saturated rings. The van der Waals surface area contributed by atoms with Gasteiger partial charge in [0.2, 0.25) is 11.6 Å². The van der Waals surface area contributed by atoms with Crippen molar-refractivity contribution in [1.82, 2.24) is 9.97 Å². The summed E-state index contributed by atoms with van der Waals surface area (Å²) in [5.41, 5.74) is 3.28. The van der Waals surface area contributed by atoms with Crippen molar-refractivity contribution in [3.63, 3.8) is 0 Å². The van der Waals surface area contributed by atoms with Gasteiger partial charge in [-0.05, 0) is 101 Å². The first-order valence-electron chi connectivity index (χ1n) is 8.34. The number of halogens is 2. The van der Waals surface area contributed by atoms with Gasteiger partial charge in [0.05, 0.1) is 4.92 Å². The molecule has 3 aromatic rings.